The molecule has 0 saturated carbocycles. The van der Waals surface area contributed by atoms with E-state index in [2.05, 4.69) is 216 Å². The van der Waals surface area contributed by atoms with Crippen molar-refractivity contribution in [3.8, 4) is 18.2 Å². The lowest BCUT2D eigenvalue weighted by Crippen LogP contribution is -2.44. The molecule has 0 N–H and O–H groups in total. The number of hydrogen-bond donors (Lipinski definition) is 0. The van der Waals surface area contributed by atoms with Gasteiger partial charge >= 0.3 is 0 Å². The minimum absolute atomic E-state index is 0.0812. The molecule has 8 aromatic carbocycles. The van der Waals surface area contributed by atoms with Crippen LogP contribution in [0.5, 0.6) is 0 Å². The zero-order valence-electron chi connectivity index (χ0n) is 46.7. The Kier molecular flexibility index (Phi) is 14.2. The summed E-state index contributed by atoms with van der Waals surface area (Å²) < 4.78 is 6.20. The number of fused-ring (bicyclic) bond motifs is 4. The molecule has 0 aliphatic carbocycles. The fraction of sp³-hybridized carbons (Fsp3) is 0.222. The van der Waals surface area contributed by atoms with E-state index >= 15 is 0 Å². The number of nitrogens with zero attached hydrogens (tertiary/aromatic N) is 6. The van der Waals surface area contributed by atoms with Gasteiger partial charge in [0.1, 0.15) is 23.7 Å². The van der Waals surface area contributed by atoms with Crippen LogP contribution < -0.4 is 9.80 Å². The second-order valence-electron chi connectivity index (χ2n) is 23.4. The second kappa shape index (κ2) is 21.2. The molecule has 0 radical (unpaired) electrons. The Bertz CT molecular complexity index is 4030. The smallest absolute Gasteiger partial charge is 0.269 e. The van der Waals surface area contributed by atoms with E-state index in [1.54, 1.807) is 6.08 Å². The van der Waals surface area contributed by atoms with E-state index in [0.717, 1.165) is 92.6 Å². The lowest BCUT2D eigenvalue weighted by Gasteiger charge is -2.48. The van der Waals surface area contributed by atoms with Gasteiger partial charge in [-0.25, -0.2) is 10.1 Å². The first-order valence-corrected chi connectivity index (χ1v) is 27.1. The second-order valence-corrected chi connectivity index (χ2v) is 23.4. The quantitative estimate of drug-likeness (QED) is 0.0683. The highest BCUT2D eigenvalue weighted by molar-refractivity contribution is 6.13. The van der Waals surface area contributed by atoms with Crippen molar-refractivity contribution in [2.45, 2.75) is 86.0 Å². The van der Waals surface area contributed by atoms with Crippen molar-refractivity contribution in [1.29, 1.82) is 15.8 Å². The number of allylic oxidation sites excluding steroid dienone is 6. The Morgan fingerprint density at radius 3 is 1.78 bits per heavy atom. The summed E-state index contributed by atoms with van der Waals surface area (Å²) in [5, 5.41) is 35.2. The van der Waals surface area contributed by atoms with E-state index in [1.807, 2.05) is 49.4 Å². The summed E-state index contributed by atoms with van der Waals surface area (Å²) in [6.45, 7) is 29.4. The minimum atomic E-state index is -0.241. The number of benzene rings is 8. The molecule has 79 heavy (non-hydrogen) atoms. The molecule has 3 aliphatic rings. The van der Waals surface area contributed by atoms with E-state index in [4.69, 9.17) is 11.3 Å². The van der Waals surface area contributed by atoms with Gasteiger partial charge in [0.2, 0.25) is 0 Å². The largest absolute Gasteiger partial charge is 0.461 e. The highest BCUT2D eigenvalue weighted by Crippen LogP contribution is 2.50. The molecular formula is C72H64N6O. The third kappa shape index (κ3) is 10.6. The third-order valence-corrected chi connectivity index (χ3v) is 15.8. The summed E-state index contributed by atoms with van der Waals surface area (Å²) in [7, 11) is 0. The molecule has 0 bridgehead atoms. The van der Waals surface area contributed by atoms with Crippen LogP contribution >= 0.6 is 0 Å². The van der Waals surface area contributed by atoms with Gasteiger partial charge in [-0.2, -0.15) is 10.5 Å². The number of aryl methyl sites for hydroxylation is 2. The minimum Gasteiger partial charge on any atom is -0.461 e. The Hall–Kier alpha value is -9.40. The highest BCUT2D eigenvalue weighted by Gasteiger charge is 2.40. The normalized spacial score (nSPS) is 15.9. The number of ether oxygens (including phenoxy) is 1. The topological polar surface area (TPSA) is 91.4 Å². The van der Waals surface area contributed by atoms with Crippen LogP contribution in [0, 0.1) is 59.8 Å². The Morgan fingerprint density at radius 2 is 1.16 bits per heavy atom. The monoisotopic (exact) mass is 1030 g/mol. The van der Waals surface area contributed by atoms with E-state index in [1.165, 1.54) is 33.2 Å². The SMILES string of the molecule is Cc1ccc(N(c2ccc(/C=C/c3ccc4c(C#N)c(C#N)c5ccc(C)cc5c4c3)cc2)c2cccc3ccccc23)cc1.[C-]#[N+]/C(C#N)=C1C=C(/C=C/c2cc3c4c(c2)C(C)(C)CCN4CCC3(C)C)OC(C(C)(C)C)=C/1. The summed E-state index contributed by atoms with van der Waals surface area (Å²) in [6, 6.07) is 55.6. The van der Waals surface area contributed by atoms with Gasteiger partial charge < -0.3 is 14.5 Å². The molecule has 0 spiro atoms. The van der Waals surface area contributed by atoms with Crippen molar-refractivity contribution >= 4 is 73.3 Å². The molecule has 7 nitrogen and oxygen atoms in total. The first kappa shape index (κ1) is 53.0. The maximum Gasteiger partial charge on any atom is 0.269 e. The fourth-order valence-corrected chi connectivity index (χ4v) is 11.2. The first-order chi connectivity index (χ1) is 37.9. The average molecular weight is 1030 g/mol. The van der Waals surface area contributed by atoms with Crippen molar-refractivity contribution in [2.24, 2.45) is 5.41 Å². The lowest BCUT2D eigenvalue weighted by atomic mass is 9.69. The molecule has 3 aliphatic heterocycles. The van der Waals surface area contributed by atoms with Crippen molar-refractivity contribution in [3.05, 3.63) is 242 Å². The number of rotatable bonds is 7. The summed E-state index contributed by atoms with van der Waals surface area (Å²) in [4.78, 5) is 8.30. The summed E-state index contributed by atoms with van der Waals surface area (Å²) in [6.07, 6.45) is 14.2. The Morgan fingerprint density at radius 1 is 0.608 bits per heavy atom. The van der Waals surface area contributed by atoms with Crippen LogP contribution in [0.2, 0.25) is 0 Å². The van der Waals surface area contributed by atoms with E-state index in [-0.39, 0.29) is 21.9 Å². The molecule has 3 heterocycles. The van der Waals surface area contributed by atoms with Crippen LogP contribution in [0.1, 0.15) is 111 Å². The van der Waals surface area contributed by atoms with E-state index < -0.39 is 0 Å². The standard InChI is InChI=1S/C42H29N3.C30H35N3O/c1-28-10-18-33(19-11-28)45(42-9-5-7-32-6-3-4-8-35(32)42)34-20-15-30(16-21-34)13-14-31-17-23-37-39(25-31)38-24-29(2)12-22-36(38)40(26-43)41(37)27-44;1-28(2,3)26-18-21(25(19-31)32-8)17-22(34-26)10-9-20-15-23-27-24(16-20)30(6,7)12-14-33(27)13-11-29(23,4)5/h3-25H,1-2H3;9-10,15-18H,11-14H2,1-7H3/b14-13+;10-9+,25-21-. The van der Waals surface area contributed by atoms with Crippen LogP contribution in [0.4, 0.5) is 22.7 Å². The van der Waals surface area contributed by atoms with Crippen LogP contribution in [0.3, 0.4) is 0 Å². The van der Waals surface area contributed by atoms with Gasteiger partial charge in [0.25, 0.3) is 5.70 Å². The molecule has 0 fully saturated rings. The molecule has 7 heteroatoms. The molecule has 0 amide bonds. The first-order valence-electron chi connectivity index (χ1n) is 27.1. The molecule has 11 rings (SSSR count). The molecule has 0 atom stereocenters. The summed E-state index contributed by atoms with van der Waals surface area (Å²) in [5.41, 5.74) is 14.8. The van der Waals surface area contributed by atoms with Gasteiger partial charge in [-0.05, 0) is 154 Å². The van der Waals surface area contributed by atoms with Crippen molar-refractivity contribution in [2.75, 3.05) is 22.9 Å². The van der Waals surface area contributed by atoms with Crippen LogP contribution in [0.25, 0.3) is 55.4 Å². The number of anilines is 4. The van der Waals surface area contributed by atoms with Gasteiger partial charge in [0.15, 0.2) is 0 Å². The van der Waals surface area contributed by atoms with E-state index in [0.29, 0.717) is 22.5 Å². The Labute approximate surface area is 466 Å². The Balaban J connectivity index is 0.000000186. The highest BCUT2D eigenvalue weighted by atomic mass is 16.5. The number of nitriles is 3. The van der Waals surface area contributed by atoms with Gasteiger partial charge in [-0.15, -0.1) is 0 Å². The van der Waals surface area contributed by atoms with Gasteiger partial charge in [0.05, 0.1) is 29.5 Å². The molecule has 388 valence electrons. The molecular weight excluding hydrogens is 965 g/mol. The number of hydrogen-bond acceptors (Lipinski definition) is 6. The lowest BCUT2D eigenvalue weighted by molar-refractivity contribution is 0.223. The average Bonchev–Trinajstić information content (AvgIpc) is 3.47. The zero-order chi connectivity index (χ0) is 55.8. The van der Waals surface area contributed by atoms with Crippen LogP contribution in [-0.2, 0) is 15.6 Å². The third-order valence-electron chi connectivity index (χ3n) is 15.8. The predicted molar refractivity (Wildman–Crippen MR) is 327 cm³/mol. The summed E-state index contributed by atoms with van der Waals surface area (Å²) in [5.74, 6) is 1.39. The van der Waals surface area contributed by atoms with Crippen molar-refractivity contribution in [1.82, 2.24) is 0 Å². The van der Waals surface area contributed by atoms with Crippen LogP contribution in [0.15, 0.2) is 181 Å². The summed E-state index contributed by atoms with van der Waals surface area (Å²) >= 11 is 0. The zero-order valence-corrected chi connectivity index (χ0v) is 46.7. The maximum absolute atomic E-state index is 9.94. The maximum atomic E-state index is 9.94. The van der Waals surface area contributed by atoms with Crippen molar-refractivity contribution < 1.29 is 4.74 Å². The molecule has 8 aromatic rings. The van der Waals surface area contributed by atoms with Gasteiger partial charge in [-0.3, -0.25) is 0 Å². The van der Waals surface area contributed by atoms with E-state index in [9.17, 15) is 15.8 Å². The fourth-order valence-electron chi connectivity index (χ4n) is 11.2. The molecule has 0 unspecified atom stereocenters. The van der Waals surface area contributed by atoms with Crippen LogP contribution in [-0.4, -0.2) is 13.1 Å². The van der Waals surface area contributed by atoms with Gasteiger partial charge in [-0.1, -0.05) is 169 Å². The van der Waals surface area contributed by atoms with Gasteiger partial charge in [0, 0.05) is 51.7 Å². The van der Waals surface area contributed by atoms with Crippen molar-refractivity contribution in [3.63, 3.8) is 0 Å². The molecule has 0 aromatic heterocycles. The predicted octanol–water partition coefficient (Wildman–Crippen LogP) is 18.6. The molecule has 0 saturated heterocycles.